The van der Waals surface area contributed by atoms with Gasteiger partial charge in [-0.25, -0.2) is 4.98 Å². The van der Waals surface area contributed by atoms with Gasteiger partial charge in [0.15, 0.2) is 0 Å². The summed E-state index contributed by atoms with van der Waals surface area (Å²) in [5.41, 5.74) is 1.58. The molecule has 2 aromatic heterocycles. The zero-order chi connectivity index (χ0) is 24.5. The van der Waals surface area contributed by atoms with Gasteiger partial charge in [-0.2, -0.15) is 0 Å². The molecule has 35 heavy (non-hydrogen) atoms. The predicted molar refractivity (Wildman–Crippen MR) is 150 cm³/mol. The van der Waals surface area contributed by atoms with Crippen molar-refractivity contribution < 1.29 is 9.53 Å². The highest BCUT2D eigenvalue weighted by Crippen LogP contribution is 2.32. The van der Waals surface area contributed by atoms with Crippen LogP contribution < -0.4 is 15.6 Å². The topological polar surface area (TPSA) is 87.3 Å². The minimum absolute atomic E-state index is 0.0413. The van der Waals surface area contributed by atoms with Crippen LogP contribution in [0.25, 0.3) is 21.7 Å². The number of aromatic amines is 1. The van der Waals surface area contributed by atoms with Gasteiger partial charge in [-0.3, -0.25) is 14.5 Å². The molecule has 2 aromatic carbocycles. The smallest absolute Gasteiger partial charge is 0.258 e. The first-order valence-corrected chi connectivity index (χ1v) is 13.3. The Bertz CT molecular complexity index is 1470. The predicted octanol–water partition coefficient (Wildman–Crippen LogP) is 5.30. The first kappa shape index (κ1) is 24.2. The minimum atomic E-state index is -0.199. The number of nitrogens with one attached hydrogen (secondary N) is 2. The van der Waals surface area contributed by atoms with Crippen LogP contribution in [0.15, 0.2) is 57.9 Å². The molecule has 7 nitrogen and oxygen atoms in total. The number of rotatable bonds is 5. The van der Waals surface area contributed by atoms with Crippen LogP contribution in [0.2, 0.25) is 0 Å². The van der Waals surface area contributed by atoms with E-state index in [4.69, 9.17) is 9.72 Å². The molecular weight excluding hydrogens is 623 g/mol. The molecule has 180 valence electrons. The molecule has 0 unspecified atom stereocenters. The number of carbonyl (C=O) groups is 1. The lowest BCUT2D eigenvalue weighted by Crippen LogP contribution is -2.40. The quantitative estimate of drug-likeness (QED) is 0.227. The molecule has 1 aliphatic heterocycles. The van der Waals surface area contributed by atoms with E-state index >= 15 is 0 Å². The monoisotopic (exact) mass is 646 g/mol. The number of benzene rings is 2. The van der Waals surface area contributed by atoms with Crippen molar-refractivity contribution in [3.8, 4) is 5.75 Å². The first-order valence-electron chi connectivity index (χ1n) is 11.4. The van der Waals surface area contributed by atoms with Crippen molar-refractivity contribution in [2.45, 2.75) is 19.4 Å². The van der Waals surface area contributed by atoms with Crippen LogP contribution in [0.1, 0.15) is 18.4 Å². The van der Waals surface area contributed by atoms with Gasteiger partial charge in [0.05, 0.1) is 27.5 Å². The molecule has 1 fully saturated rings. The van der Waals surface area contributed by atoms with E-state index in [1.807, 2.05) is 30.3 Å². The summed E-state index contributed by atoms with van der Waals surface area (Å²) in [6.45, 7) is 2.44. The number of pyridine rings is 2. The average molecular weight is 647 g/mol. The highest BCUT2D eigenvalue weighted by Gasteiger charge is 2.27. The normalized spacial score (nSPS) is 16.5. The van der Waals surface area contributed by atoms with Crippen LogP contribution >= 0.6 is 38.5 Å². The minimum Gasteiger partial charge on any atom is -0.497 e. The molecule has 5 rings (SSSR count). The number of hydrogen-bond donors (Lipinski definition) is 2. The largest absolute Gasteiger partial charge is 0.497 e. The number of anilines is 1. The van der Waals surface area contributed by atoms with Crippen LogP contribution in [0, 0.1) is 9.49 Å². The Morgan fingerprint density at radius 1 is 1.26 bits per heavy atom. The average Bonchev–Trinajstić information content (AvgIpc) is 2.86. The Labute approximate surface area is 224 Å². The van der Waals surface area contributed by atoms with Crippen LogP contribution in [-0.2, 0) is 11.3 Å². The fraction of sp³-hybridized carbons (Fsp3) is 0.269. The highest BCUT2D eigenvalue weighted by atomic mass is 127. The van der Waals surface area contributed by atoms with Crippen molar-refractivity contribution in [3.05, 3.63) is 72.6 Å². The number of aromatic nitrogens is 2. The summed E-state index contributed by atoms with van der Waals surface area (Å²) in [5, 5.41) is 5.11. The second-order valence-corrected chi connectivity index (χ2v) is 10.8. The number of hydrogen-bond acceptors (Lipinski definition) is 5. The van der Waals surface area contributed by atoms with E-state index in [1.165, 1.54) is 5.56 Å². The van der Waals surface area contributed by atoms with E-state index in [2.05, 4.69) is 65.9 Å². The van der Waals surface area contributed by atoms with Crippen molar-refractivity contribution in [2.24, 2.45) is 5.92 Å². The Hall–Kier alpha value is -2.50. The van der Waals surface area contributed by atoms with Crippen molar-refractivity contribution in [1.29, 1.82) is 0 Å². The third kappa shape index (κ3) is 5.07. The van der Waals surface area contributed by atoms with E-state index in [9.17, 15) is 9.59 Å². The molecule has 1 saturated heterocycles. The maximum atomic E-state index is 13.4. The molecule has 2 N–H and O–H groups in total. The summed E-state index contributed by atoms with van der Waals surface area (Å²) in [4.78, 5) is 35.8. The molecule has 1 amide bonds. The van der Waals surface area contributed by atoms with Crippen molar-refractivity contribution in [3.63, 3.8) is 0 Å². The number of piperidine rings is 1. The Balaban J connectivity index is 1.40. The van der Waals surface area contributed by atoms with E-state index in [-0.39, 0.29) is 17.4 Å². The van der Waals surface area contributed by atoms with Gasteiger partial charge in [0.2, 0.25) is 5.91 Å². The highest BCUT2D eigenvalue weighted by molar-refractivity contribution is 14.1. The van der Waals surface area contributed by atoms with Gasteiger partial charge in [0, 0.05) is 34.5 Å². The number of amides is 1. The fourth-order valence-electron chi connectivity index (χ4n) is 4.67. The standard InChI is InChI=1S/C26H24BrIN4O3/c1-35-18-7-4-15(5-8-18)13-32-10-2-3-16(14-32)25(33)31-24-19-9-6-17(27)11-20(19)22-23(30-24)21(28)12-29-26(22)34/h4-9,11-12,16H,2-3,10,13-14H2,1H3,(H,29,34)(H,30,31,33)/t16-/m0/s1. The molecule has 0 bridgehead atoms. The van der Waals surface area contributed by atoms with Gasteiger partial charge < -0.3 is 15.0 Å². The lowest BCUT2D eigenvalue weighted by molar-refractivity contribution is -0.121. The molecule has 9 heteroatoms. The number of methoxy groups -OCH3 is 1. The van der Waals surface area contributed by atoms with Gasteiger partial charge in [-0.1, -0.05) is 28.1 Å². The van der Waals surface area contributed by atoms with E-state index in [0.717, 1.165) is 50.5 Å². The molecule has 0 radical (unpaired) electrons. The number of H-pyrrole nitrogens is 1. The SMILES string of the molecule is COc1ccc(CN2CCC[C@H](C(=O)Nc3nc4c(I)c[nH]c(=O)c4c4cc(Br)ccc34)C2)cc1. The lowest BCUT2D eigenvalue weighted by atomic mass is 9.96. The van der Waals surface area contributed by atoms with Crippen LogP contribution in [-0.4, -0.2) is 41.0 Å². The maximum Gasteiger partial charge on any atom is 0.258 e. The van der Waals surface area contributed by atoms with Crippen LogP contribution in [0.4, 0.5) is 5.82 Å². The fourth-order valence-corrected chi connectivity index (χ4v) is 5.58. The van der Waals surface area contributed by atoms with Gasteiger partial charge in [-0.15, -0.1) is 0 Å². The molecular formula is C26H24BrIN4O3. The first-order chi connectivity index (χ1) is 16.9. The molecule has 1 atom stereocenters. The summed E-state index contributed by atoms with van der Waals surface area (Å²) in [6.07, 6.45) is 3.44. The van der Waals surface area contributed by atoms with Crippen molar-refractivity contribution in [1.82, 2.24) is 14.9 Å². The maximum absolute atomic E-state index is 13.4. The number of ether oxygens (including phenoxy) is 1. The summed E-state index contributed by atoms with van der Waals surface area (Å²) in [5.74, 6) is 1.15. The van der Waals surface area contributed by atoms with Crippen molar-refractivity contribution in [2.75, 3.05) is 25.5 Å². The van der Waals surface area contributed by atoms with E-state index in [1.54, 1.807) is 13.3 Å². The molecule has 0 spiro atoms. The number of fused-ring (bicyclic) bond motifs is 3. The summed E-state index contributed by atoms with van der Waals surface area (Å²) < 4.78 is 6.92. The summed E-state index contributed by atoms with van der Waals surface area (Å²) >= 11 is 5.66. The molecule has 1 aliphatic rings. The van der Waals surface area contributed by atoms with Gasteiger partial charge >= 0.3 is 0 Å². The number of halogens is 2. The molecule has 4 aromatic rings. The van der Waals surface area contributed by atoms with E-state index < -0.39 is 0 Å². The zero-order valence-corrected chi connectivity index (χ0v) is 22.9. The number of carbonyl (C=O) groups excluding carboxylic acids is 1. The molecule has 0 saturated carbocycles. The summed E-state index contributed by atoms with van der Waals surface area (Å²) in [6, 6.07) is 13.7. The second kappa shape index (κ2) is 10.2. The molecule has 3 heterocycles. The molecule has 0 aliphatic carbocycles. The lowest BCUT2D eigenvalue weighted by Gasteiger charge is -2.32. The summed E-state index contributed by atoms with van der Waals surface area (Å²) in [7, 11) is 1.66. The van der Waals surface area contributed by atoms with E-state index in [0.29, 0.717) is 23.3 Å². The van der Waals surface area contributed by atoms with Gasteiger partial charge in [-0.05, 0) is 77.9 Å². The third-order valence-corrected chi connectivity index (χ3v) is 7.75. The van der Waals surface area contributed by atoms with Gasteiger partial charge in [0.1, 0.15) is 11.6 Å². The van der Waals surface area contributed by atoms with Gasteiger partial charge in [0.25, 0.3) is 5.56 Å². The van der Waals surface area contributed by atoms with Crippen molar-refractivity contribution >= 4 is 71.9 Å². The van der Waals surface area contributed by atoms with Crippen LogP contribution in [0.3, 0.4) is 0 Å². The Kier molecular flexibility index (Phi) is 7.08. The van der Waals surface area contributed by atoms with Crippen LogP contribution in [0.5, 0.6) is 5.75 Å². The third-order valence-electron chi connectivity index (χ3n) is 6.43. The Morgan fingerprint density at radius 3 is 2.83 bits per heavy atom. The second-order valence-electron chi connectivity index (χ2n) is 8.75. The Morgan fingerprint density at radius 2 is 2.06 bits per heavy atom. The zero-order valence-electron chi connectivity index (χ0n) is 19.1. The number of nitrogens with zero attached hydrogens (tertiary/aromatic N) is 2. The number of likely N-dealkylation sites (tertiary alicyclic amines) is 1.